The van der Waals surface area contributed by atoms with E-state index >= 15 is 0 Å². The first-order valence-corrected chi connectivity index (χ1v) is 6.53. The summed E-state index contributed by atoms with van der Waals surface area (Å²) in [5.74, 6) is -2.67. The SMILES string of the molecule is O=C(CCCC(=O)OCC(F)(F)F)Nc1cccc(C(=O)O)c1. The van der Waals surface area contributed by atoms with Gasteiger partial charge in [-0.15, -0.1) is 0 Å². The van der Waals surface area contributed by atoms with E-state index in [4.69, 9.17) is 5.11 Å². The van der Waals surface area contributed by atoms with Crippen LogP contribution in [-0.4, -0.2) is 35.7 Å². The van der Waals surface area contributed by atoms with Crippen LogP contribution in [0, 0.1) is 0 Å². The largest absolute Gasteiger partial charge is 0.478 e. The maximum atomic E-state index is 11.8. The van der Waals surface area contributed by atoms with Crippen LogP contribution in [-0.2, 0) is 14.3 Å². The van der Waals surface area contributed by atoms with Crippen LogP contribution < -0.4 is 5.32 Å². The molecule has 0 saturated heterocycles. The van der Waals surface area contributed by atoms with Crippen LogP contribution in [0.3, 0.4) is 0 Å². The third-order valence-corrected chi connectivity index (χ3v) is 2.57. The van der Waals surface area contributed by atoms with E-state index < -0.39 is 30.6 Å². The summed E-state index contributed by atoms with van der Waals surface area (Å²) >= 11 is 0. The average molecular weight is 333 g/mol. The number of nitrogens with one attached hydrogen (secondary N) is 1. The number of alkyl halides is 3. The number of halogens is 3. The van der Waals surface area contributed by atoms with Crippen molar-refractivity contribution < 1.29 is 37.4 Å². The number of hydrogen-bond donors (Lipinski definition) is 2. The highest BCUT2D eigenvalue weighted by atomic mass is 19.4. The Morgan fingerprint density at radius 2 is 1.87 bits per heavy atom. The topological polar surface area (TPSA) is 92.7 Å². The van der Waals surface area contributed by atoms with Crippen molar-refractivity contribution in [2.75, 3.05) is 11.9 Å². The Bertz CT molecular complexity index is 586. The van der Waals surface area contributed by atoms with E-state index in [0.29, 0.717) is 0 Å². The number of esters is 1. The highest BCUT2D eigenvalue weighted by Gasteiger charge is 2.29. The summed E-state index contributed by atoms with van der Waals surface area (Å²) in [6, 6.07) is 5.56. The number of rotatable bonds is 7. The van der Waals surface area contributed by atoms with Crippen LogP contribution in [0.5, 0.6) is 0 Å². The predicted molar refractivity (Wildman–Crippen MR) is 72.9 cm³/mol. The normalized spacial score (nSPS) is 10.9. The van der Waals surface area contributed by atoms with E-state index in [0.717, 1.165) is 0 Å². The molecule has 0 bridgehead atoms. The van der Waals surface area contributed by atoms with Gasteiger partial charge in [-0.3, -0.25) is 9.59 Å². The second-order valence-corrected chi connectivity index (χ2v) is 4.56. The van der Waals surface area contributed by atoms with Gasteiger partial charge in [0.05, 0.1) is 5.56 Å². The van der Waals surface area contributed by atoms with Crippen molar-refractivity contribution in [2.45, 2.75) is 25.4 Å². The number of aromatic carboxylic acids is 1. The molecule has 2 N–H and O–H groups in total. The van der Waals surface area contributed by atoms with E-state index in [9.17, 15) is 27.6 Å². The third-order valence-electron chi connectivity index (χ3n) is 2.57. The van der Waals surface area contributed by atoms with Crippen molar-refractivity contribution in [1.82, 2.24) is 0 Å². The molecule has 1 amide bonds. The molecule has 0 aliphatic carbocycles. The Hall–Kier alpha value is -2.58. The van der Waals surface area contributed by atoms with Gasteiger partial charge in [0, 0.05) is 18.5 Å². The number of hydrogen-bond acceptors (Lipinski definition) is 4. The van der Waals surface area contributed by atoms with Crippen LogP contribution in [0.15, 0.2) is 24.3 Å². The minimum Gasteiger partial charge on any atom is -0.478 e. The molecule has 0 aliphatic heterocycles. The Labute approximate surface area is 129 Å². The van der Waals surface area contributed by atoms with Gasteiger partial charge < -0.3 is 15.2 Å². The minimum atomic E-state index is -4.58. The minimum absolute atomic E-state index is 0.00136. The lowest BCUT2D eigenvalue weighted by Crippen LogP contribution is -2.20. The van der Waals surface area contributed by atoms with Crippen LogP contribution in [0.1, 0.15) is 29.6 Å². The highest BCUT2D eigenvalue weighted by molar-refractivity contribution is 5.93. The molecule has 0 aromatic heterocycles. The van der Waals surface area contributed by atoms with Gasteiger partial charge in [0.2, 0.25) is 5.91 Å². The Morgan fingerprint density at radius 1 is 1.17 bits per heavy atom. The number of carboxylic acids is 1. The summed E-state index contributed by atoms with van der Waals surface area (Å²) in [5, 5.41) is 11.2. The molecular formula is C14H14F3NO5. The molecule has 0 unspecified atom stereocenters. The standard InChI is InChI=1S/C14H14F3NO5/c15-14(16,17)8-23-12(20)6-2-5-11(19)18-10-4-1-3-9(7-10)13(21)22/h1,3-4,7H,2,5-6,8H2,(H,18,19)(H,21,22). The number of ether oxygens (including phenoxy) is 1. The molecule has 0 spiro atoms. The average Bonchev–Trinajstić information content (AvgIpc) is 2.44. The van der Waals surface area contributed by atoms with E-state index in [1.165, 1.54) is 24.3 Å². The molecule has 0 aliphatic rings. The summed E-state index contributed by atoms with van der Waals surface area (Å²) in [6.45, 7) is -1.65. The first-order valence-electron chi connectivity index (χ1n) is 6.53. The van der Waals surface area contributed by atoms with Gasteiger partial charge in [-0.2, -0.15) is 13.2 Å². The first-order chi connectivity index (χ1) is 10.7. The van der Waals surface area contributed by atoms with Crippen LogP contribution >= 0.6 is 0 Å². The molecule has 126 valence electrons. The van der Waals surface area contributed by atoms with Gasteiger partial charge in [0.15, 0.2) is 6.61 Å². The van der Waals surface area contributed by atoms with Crippen LogP contribution in [0.25, 0.3) is 0 Å². The van der Waals surface area contributed by atoms with E-state index in [-0.39, 0.29) is 30.5 Å². The monoisotopic (exact) mass is 333 g/mol. The zero-order valence-electron chi connectivity index (χ0n) is 11.9. The van der Waals surface area contributed by atoms with Gasteiger partial charge in [0.25, 0.3) is 0 Å². The van der Waals surface area contributed by atoms with Gasteiger partial charge in [-0.25, -0.2) is 4.79 Å². The molecular weight excluding hydrogens is 319 g/mol. The fourth-order valence-corrected chi connectivity index (χ4v) is 1.58. The summed E-state index contributed by atoms with van der Waals surface area (Å²) in [6.07, 6.45) is -5.00. The lowest BCUT2D eigenvalue weighted by atomic mass is 10.2. The molecule has 0 fully saturated rings. The lowest BCUT2D eigenvalue weighted by molar-refractivity contribution is -0.186. The molecule has 23 heavy (non-hydrogen) atoms. The lowest BCUT2D eigenvalue weighted by Gasteiger charge is -2.08. The summed E-state index contributed by atoms with van der Waals surface area (Å²) in [4.78, 5) is 33.4. The van der Waals surface area contributed by atoms with Crippen molar-refractivity contribution in [3.8, 4) is 0 Å². The summed E-state index contributed by atoms with van der Waals surface area (Å²) in [7, 11) is 0. The maximum Gasteiger partial charge on any atom is 0.422 e. The molecule has 0 heterocycles. The van der Waals surface area contributed by atoms with Crippen molar-refractivity contribution in [3.05, 3.63) is 29.8 Å². The molecule has 0 atom stereocenters. The number of amides is 1. The highest BCUT2D eigenvalue weighted by Crippen LogP contribution is 2.15. The second-order valence-electron chi connectivity index (χ2n) is 4.56. The fourth-order valence-electron chi connectivity index (χ4n) is 1.58. The molecule has 1 aromatic rings. The van der Waals surface area contributed by atoms with Gasteiger partial charge in [-0.1, -0.05) is 6.07 Å². The molecule has 0 radical (unpaired) electrons. The fraction of sp³-hybridized carbons (Fsp3) is 0.357. The Kier molecular flexibility index (Phi) is 6.55. The van der Waals surface area contributed by atoms with E-state index in [2.05, 4.69) is 10.1 Å². The molecule has 1 aromatic carbocycles. The number of carboxylic acid groups (broad SMARTS) is 1. The first kappa shape index (κ1) is 18.5. The smallest absolute Gasteiger partial charge is 0.422 e. The quantitative estimate of drug-likeness (QED) is 0.748. The van der Waals surface area contributed by atoms with Crippen molar-refractivity contribution >= 4 is 23.5 Å². The molecule has 9 heteroatoms. The summed E-state index contributed by atoms with van der Waals surface area (Å²) in [5.41, 5.74) is 0.271. The second kappa shape index (κ2) is 8.16. The zero-order valence-corrected chi connectivity index (χ0v) is 11.9. The Morgan fingerprint density at radius 3 is 2.48 bits per heavy atom. The number of benzene rings is 1. The Balaban J connectivity index is 2.33. The zero-order chi connectivity index (χ0) is 17.5. The molecule has 6 nitrogen and oxygen atoms in total. The number of carbonyl (C=O) groups excluding carboxylic acids is 2. The van der Waals surface area contributed by atoms with Gasteiger partial charge in [-0.05, 0) is 24.6 Å². The van der Waals surface area contributed by atoms with E-state index in [1.54, 1.807) is 0 Å². The van der Waals surface area contributed by atoms with Gasteiger partial charge in [0.1, 0.15) is 0 Å². The predicted octanol–water partition coefficient (Wildman–Crippen LogP) is 2.60. The van der Waals surface area contributed by atoms with Crippen molar-refractivity contribution in [1.29, 1.82) is 0 Å². The van der Waals surface area contributed by atoms with Crippen LogP contribution in [0.4, 0.5) is 18.9 Å². The number of carbonyl (C=O) groups is 3. The third kappa shape index (κ3) is 7.84. The molecule has 0 saturated carbocycles. The van der Waals surface area contributed by atoms with E-state index in [1.807, 2.05) is 0 Å². The van der Waals surface area contributed by atoms with Gasteiger partial charge >= 0.3 is 18.1 Å². The maximum absolute atomic E-state index is 11.8. The summed E-state index contributed by atoms with van der Waals surface area (Å²) < 4.78 is 39.4. The van der Waals surface area contributed by atoms with Crippen molar-refractivity contribution in [2.24, 2.45) is 0 Å². The van der Waals surface area contributed by atoms with Crippen LogP contribution in [0.2, 0.25) is 0 Å². The molecule has 1 rings (SSSR count). The van der Waals surface area contributed by atoms with Crippen molar-refractivity contribution in [3.63, 3.8) is 0 Å². The number of anilines is 1.